The fraction of sp³-hybridized carbons (Fsp3) is 0.700. The summed E-state index contributed by atoms with van der Waals surface area (Å²) in [4.78, 5) is 10.3. The van der Waals surface area contributed by atoms with Gasteiger partial charge in [-0.1, -0.05) is 25.4 Å². The van der Waals surface area contributed by atoms with Crippen LogP contribution < -0.4 is 15.5 Å². The molecule has 10 heteroatoms. The van der Waals surface area contributed by atoms with Crippen molar-refractivity contribution in [2.75, 3.05) is 31.6 Å². The fourth-order valence-corrected chi connectivity index (χ4v) is 5.30. The molecule has 2 N–H and O–H groups in total. The summed E-state index contributed by atoms with van der Waals surface area (Å²) < 4.78 is 44.4. The Labute approximate surface area is 179 Å². The van der Waals surface area contributed by atoms with E-state index in [9.17, 15) is 13.2 Å². The summed E-state index contributed by atoms with van der Waals surface area (Å²) in [7, 11) is 1.74. The average molecular weight is 446 g/mol. The van der Waals surface area contributed by atoms with E-state index in [1.165, 1.54) is 0 Å². The molecule has 1 aromatic rings. The molecular formula is C20H27ClF3N5O. The Morgan fingerprint density at radius 3 is 2.77 bits per heavy atom. The number of rotatable bonds is 3. The van der Waals surface area contributed by atoms with Gasteiger partial charge < -0.3 is 20.3 Å². The quantitative estimate of drug-likeness (QED) is 0.552. The molecule has 0 bridgehead atoms. The molecule has 1 aromatic heterocycles. The standard InChI is InChI=1S/C20H27ClF3N5O/c1-19(2)15(13-5-7-30-16(13)19)28-18(25-3)27-12-4-6-29(10-12)17-14(21)8-11(9-26-17)20(22,23)24/h8-9,12-13,15-16H,4-7,10H2,1-3H3,(H2,25,27,28). The van der Waals surface area contributed by atoms with Gasteiger partial charge in [0, 0.05) is 56.4 Å². The lowest BCUT2D eigenvalue weighted by molar-refractivity contribution is -0.137. The maximum Gasteiger partial charge on any atom is 0.417 e. The van der Waals surface area contributed by atoms with E-state index in [1.807, 2.05) is 4.90 Å². The number of fused-ring (bicyclic) bond motifs is 1. The number of hydrogen-bond acceptors (Lipinski definition) is 4. The molecule has 0 aromatic carbocycles. The third-order valence-electron chi connectivity index (χ3n) is 6.59. The SMILES string of the molecule is CN=C(NC1CCN(c2ncc(C(F)(F)F)cc2Cl)C1)NC1C2CCOC2C1(C)C. The fourth-order valence-electron chi connectivity index (χ4n) is 5.02. The van der Waals surface area contributed by atoms with Gasteiger partial charge >= 0.3 is 6.18 Å². The molecule has 0 spiro atoms. The van der Waals surface area contributed by atoms with E-state index >= 15 is 0 Å². The second-order valence-corrected chi connectivity index (χ2v) is 9.27. The number of alkyl halides is 3. The number of aliphatic imine (C=N–C) groups is 1. The van der Waals surface area contributed by atoms with Crippen LogP contribution in [-0.2, 0) is 10.9 Å². The molecule has 30 heavy (non-hydrogen) atoms. The molecule has 3 fully saturated rings. The van der Waals surface area contributed by atoms with Crippen LogP contribution in [-0.4, -0.2) is 55.9 Å². The second-order valence-electron chi connectivity index (χ2n) is 8.86. The maximum absolute atomic E-state index is 12.8. The Hall–Kier alpha value is -1.74. The molecule has 0 radical (unpaired) electrons. The lowest BCUT2D eigenvalue weighted by Gasteiger charge is -2.55. The van der Waals surface area contributed by atoms with Crippen LogP contribution in [0.15, 0.2) is 17.3 Å². The van der Waals surface area contributed by atoms with Gasteiger partial charge in [-0.2, -0.15) is 13.2 Å². The maximum atomic E-state index is 12.8. The van der Waals surface area contributed by atoms with Crippen molar-refractivity contribution in [1.82, 2.24) is 15.6 Å². The highest BCUT2D eigenvalue weighted by atomic mass is 35.5. The predicted molar refractivity (Wildman–Crippen MR) is 110 cm³/mol. The van der Waals surface area contributed by atoms with Crippen molar-refractivity contribution in [3.05, 3.63) is 22.8 Å². The highest BCUT2D eigenvalue weighted by molar-refractivity contribution is 6.33. The number of guanidine groups is 1. The minimum absolute atomic E-state index is 0.0106. The highest BCUT2D eigenvalue weighted by Gasteiger charge is 2.59. The Balaban J connectivity index is 1.36. The van der Waals surface area contributed by atoms with Crippen LogP contribution in [0.2, 0.25) is 5.02 Å². The number of anilines is 1. The third kappa shape index (κ3) is 3.82. The first-order valence-electron chi connectivity index (χ1n) is 10.2. The lowest BCUT2D eigenvalue weighted by atomic mass is 9.57. The largest absolute Gasteiger partial charge is 0.417 e. The van der Waals surface area contributed by atoms with Crippen LogP contribution in [0.25, 0.3) is 0 Å². The molecule has 2 saturated heterocycles. The van der Waals surface area contributed by atoms with Crippen molar-refractivity contribution in [2.45, 2.75) is 51.1 Å². The summed E-state index contributed by atoms with van der Waals surface area (Å²) in [6.45, 7) is 6.46. The summed E-state index contributed by atoms with van der Waals surface area (Å²) in [5, 5.41) is 7.01. The van der Waals surface area contributed by atoms with E-state index in [-0.39, 0.29) is 16.5 Å². The smallest absolute Gasteiger partial charge is 0.377 e. The Morgan fingerprint density at radius 1 is 1.33 bits per heavy atom. The van der Waals surface area contributed by atoms with Crippen molar-refractivity contribution < 1.29 is 17.9 Å². The molecular weight excluding hydrogens is 419 g/mol. The summed E-state index contributed by atoms with van der Waals surface area (Å²) in [6.07, 6.45) is -1.47. The van der Waals surface area contributed by atoms with Crippen LogP contribution in [0, 0.1) is 11.3 Å². The zero-order valence-corrected chi connectivity index (χ0v) is 18.0. The molecule has 2 aliphatic heterocycles. The molecule has 166 valence electrons. The zero-order valence-electron chi connectivity index (χ0n) is 17.3. The van der Waals surface area contributed by atoms with Crippen molar-refractivity contribution >= 4 is 23.4 Å². The number of aromatic nitrogens is 1. The Kier molecular flexibility index (Phi) is 5.55. The first-order chi connectivity index (χ1) is 14.1. The molecule has 4 unspecified atom stereocenters. The van der Waals surface area contributed by atoms with Gasteiger partial charge in [0.2, 0.25) is 0 Å². The normalized spacial score (nSPS) is 30.8. The monoisotopic (exact) mass is 445 g/mol. The van der Waals surface area contributed by atoms with Crippen molar-refractivity contribution in [3.8, 4) is 0 Å². The molecule has 1 saturated carbocycles. The van der Waals surface area contributed by atoms with E-state index in [0.717, 1.165) is 37.7 Å². The second kappa shape index (κ2) is 7.75. The summed E-state index contributed by atoms with van der Waals surface area (Å²) in [6, 6.07) is 1.32. The van der Waals surface area contributed by atoms with Crippen LogP contribution in [0.4, 0.5) is 19.0 Å². The predicted octanol–water partition coefficient (Wildman–Crippen LogP) is 3.31. The van der Waals surface area contributed by atoms with E-state index in [1.54, 1.807) is 7.05 Å². The van der Waals surface area contributed by atoms with Crippen molar-refractivity contribution in [1.29, 1.82) is 0 Å². The number of nitrogens with one attached hydrogen (secondary N) is 2. The first kappa shape index (κ1) is 21.5. The molecule has 3 heterocycles. The third-order valence-corrected chi connectivity index (χ3v) is 6.87. The highest BCUT2D eigenvalue weighted by Crippen LogP contribution is 2.52. The number of ether oxygens (including phenoxy) is 1. The molecule has 0 amide bonds. The van der Waals surface area contributed by atoms with Gasteiger partial charge in [-0.3, -0.25) is 4.99 Å². The number of hydrogen-bond donors (Lipinski definition) is 2. The van der Waals surface area contributed by atoms with Crippen LogP contribution >= 0.6 is 11.6 Å². The van der Waals surface area contributed by atoms with Crippen LogP contribution in [0.3, 0.4) is 0 Å². The summed E-state index contributed by atoms with van der Waals surface area (Å²) in [5.41, 5.74) is -0.801. The Bertz CT molecular complexity index is 831. The van der Waals surface area contributed by atoms with Gasteiger partial charge in [-0.15, -0.1) is 0 Å². The van der Waals surface area contributed by atoms with Crippen molar-refractivity contribution in [2.24, 2.45) is 16.3 Å². The Morgan fingerprint density at radius 2 is 2.10 bits per heavy atom. The average Bonchev–Trinajstić information content (AvgIpc) is 3.32. The van der Waals surface area contributed by atoms with Crippen molar-refractivity contribution in [3.63, 3.8) is 0 Å². The van der Waals surface area contributed by atoms with Gasteiger partial charge in [0.05, 0.1) is 16.7 Å². The number of nitrogens with zero attached hydrogens (tertiary/aromatic N) is 3. The molecule has 4 rings (SSSR count). The van der Waals surface area contributed by atoms with Gasteiger partial charge in [0.25, 0.3) is 0 Å². The summed E-state index contributed by atoms with van der Waals surface area (Å²) in [5.74, 6) is 1.61. The zero-order chi connectivity index (χ0) is 21.7. The molecule has 4 atom stereocenters. The number of halogens is 4. The molecule has 6 nitrogen and oxygen atoms in total. The van der Waals surface area contributed by atoms with Crippen LogP contribution in [0.1, 0.15) is 32.3 Å². The van der Waals surface area contributed by atoms with Crippen LogP contribution in [0.5, 0.6) is 0 Å². The minimum Gasteiger partial charge on any atom is -0.377 e. The lowest BCUT2D eigenvalue weighted by Crippen LogP contribution is -2.68. The minimum atomic E-state index is -4.46. The van der Waals surface area contributed by atoms with E-state index in [2.05, 4.69) is 34.5 Å². The number of pyridine rings is 1. The topological polar surface area (TPSA) is 61.8 Å². The van der Waals surface area contributed by atoms with E-state index in [0.29, 0.717) is 37.0 Å². The first-order valence-corrected chi connectivity index (χ1v) is 10.6. The molecule has 1 aliphatic carbocycles. The summed E-state index contributed by atoms with van der Waals surface area (Å²) >= 11 is 6.10. The molecule has 3 aliphatic rings. The van der Waals surface area contributed by atoms with Gasteiger partial charge in [-0.05, 0) is 18.9 Å². The van der Waals surface area contributed by atoms with Gasteiger partial charge in [-0.25, -0.2) is 4.98 Å². The van der Waals surface area contributed by atoms with E-state index in [4.69, 9.17) is 16.3 Å². The van der Waals surface area contributed by atoms with E-state index < -0.39 is 11.7 Å². The van der Waals surface area contributed by atoms with Gasteiger partial charge in [0.15, 0.2) is 5.96 Å². The van der Waals surface area contributed by atoms with Gasteiger partial charge in [0.1, 0.15) is 5.82 Å².